The molecule has 0 N–H and O–H groups in total. The molecule has 4 aromatic rings. The highest BCUT2D eigenvalue weighted by atomic mass is 16.7. The number of carbonyl (C=O) groups excluding carboxylic acids is 2. The molecular formula is C35H33N3O8. The smallest absolute Gasteiger partial charge is 0.271 e. The molecule has 3 unspecified atom stereocenters. The fourth-order valence-corrected chi connectivity index (χ4v) is 5.72. The summed E-state index contributed by atoms with van der Waals surface area (Å²) in [7, 11) is 0. The Morgan fingerprint density at radius 2 is 1.59 bits per heavy atom. The molecule has 11 heteroatoms. The summed E-state index contributed by atoms with van der Waals surface area (Å²) >= 11 is 0. The lowest BCUT2D eigenvalue weighted by Gasteiger charge is -2.29. The van der Waals surface area contributed by atoms with Crippen LogP contribution in [0.2, 0.25) is 0 Å². The first-order valence-electron chi connectivity index (χ1n) is 15.1. The molecule has 0 aliphatic carbocycles. The van der Waals surface area contributed by atoms with Gasteiger partial charge in [-0.1, -0.05) is 49.4 Å². The Bertz CT molecular complexity index is 1730. The highest BCUT2D eigenvalue weighted by molar-refractivity contribution is 6.24. The molecule has 4 aromatic carbocycles. The van der Waals surface area contributed by atoms with Gasteiger partial charge in [-0.05, 0) is 66.9 Å². The summed E-state index contributed by atoms with van der Waals surface area (Å²) in [5.74, 6) is -0.329. The summed E-state index contributed by atoms with van der Waals surface area (Å²) in [6.07, 6.45) is -0.309. The number of hydrogen-bond donors (Lipinski definition) is 0. The first-order valence-corrected chi connectivity index (χ1v) is 15.1. The monoisotopic (exact) mass is 623 g/mol. The number of ether oxygens (including phenoxy) is 3. The van der Waals surface area contributed by atoms with Gasteiger partial charge in [0, 0.05) is 12.1 Å². The van der Waals surface area contributed by atoms with Crippen LogP contribution in [0.5, 0.6) is 17.2 Å². The van der Waals surface area contributed by atoms with Crippen LogP contribution < -0.4 is 24.2 Å². The van der Waals surface area contributed by atoms with Gasteiger partial charge >= 0.3 is 0 Å². The van der Waals surface area contributed by atoms with Crippen LogP contribution in [-0.4, -0.2) is 36.1 Å². The molecule has 0 radical (unpaired) electrons. The molecule has 3 atom stereocenters. The highest BCUT2D eigenvalue weighted by Crippen LogP contribution is 2.49. The first-order chi connectivity index (χ1) is 22.4. The third kappa shape index (κ3) is 5.96. The predicted molar refractivity (Wildman–Crippen MR) is 170 cm³/mol. The number of hydroxylamine groups is 1. The van der Waals surface area contributed by atoms with E-state index in [0.717, 1.165) is 16.9 Å². The number of nitro groups is 1. The van der Waals surface area contributed by atoms with Crippen LogP contribution in [0, 0.1) is 16.0 Å². The molecule has 236 valence electrons. The number of nitro benzene ring substituents is 1. The van der Waals surface area contributed by atoms with Gasteiger partial charge < -0.3 is 14.2 Å². The number of rotatable bonds is 12. The van der Waals surface area contributed by atoms with Crippen LogP contribution in [0.4, 0.5) is 17.1 Å². The van der Waals surface area contributed by atoms with E-state index in [1.807, 2.05) is 44.2 Å². The second-order valence-electron chi connectivity index (χ2n) is 10.9. The second kappa shape index (κ2) is 13.3. The Hall–Kier alpha value is -5.42. The number of imide groups is 1. The van der Waals surface area contributed by atoms with Gasteiger partial charge in [0.05, 0.1) is 35.6 Å². The minimum atomic E-state index is -1.16. The van der Waals surface area contributed by atoms with E-state index in [1.165, 1.54) is 23.3 Å². The van der Waals surface area contributed by atoms with Gasteiger partial charge in [-0.2, -0.15) is 0 Å². The molecular weight excluding hydrogens is 590 g/mol. The summed E-state index contributed by atoms with van der Waals surface area (Å²) in [5, 5.41) is 13.0. The van der Waals surface area contributed by atoms with E-state index >= 15 is 0 Å². The van der Waals surface area contributed by atoms with Gasteiger partial charge in [-0.15, -0.1) is 0 Å². The number of hydrogen-bond acceptors (Lipinski definition) is 9. The van der Waals surface area contributed by atoms with E-state index in [1.54, 1.807) is 48.5 Å². The maximum atomic E-state index is 14.1. The average molecular weight is 624 g/mol. The van der Waals surface area contributed by atoms with Gasteiger partial charge in [-0.25, -0.2) is 9.96 Å². The van der Waals surface area contributed by atoms with Crippen molar-refractivity contribution in [3.63, 3.8) is 0 Å². The van der Waals surface area contributed by atoms with Crippen molar-refractivity contribution in [2.75, 3.05) is 23.2 Å². The second-order valence-corrected chi connectivity index (χ2v) is 10.9. The third-order valence-electron chi connectivity index (χ3n) is 7.82. The summed E-state index contributed by atoms with van der Waals surface area (Å²) in [6, 6.07) is 26.9. The molecule has 2 fully saturated rings. The standard InChI is InChI=1S/C35H33N3O8/c1-3-19-44-28-16-14-25(15-17-28)36-34(39)31-32(37(46-33(31)35(36)40)26-11-8-12-27(21-26)38(41)42)24-13-18-29(30(20-24)43-4-2)45-22-23-9-6-5-7-10-23/h5-18,20-21,31-33H,3-4,19,22H2,1-2H3. The SMILES string of the molecule is CCCOc1ccc(N2C(=O)C3ON(c4cccc([N+](=O)[O-])c4)C(c4ccc(OCc5ccccc5)c(OCC)c4)C3C2=O)cc1. The zero-order chi connectivity index (χ0) is 32.2. The molecule has 2 aliphatic rings. The highest BCUT2D eigenvalue weighted by Gasteiger charge is 2.60. The number of nitrogens with zero attached hydrogens (tertiary/aromatic N) is 3. The average Bonchev–Trinajstić information content (AvgIpc) is 3.59. The number of non-ortho nitro benzene ring substituents is 1. The van der Waals surface area contributed by atoms with E-state index < -0.39 is 34.8 Å². The zero-order valence-corrected chi connectivity index (χ0v) is 25.4. The molecule has 0 spiro atoms. The van der Waals surface area contributed by atoms with Crippen LogP contribution in [0.25, 0.3) is 0 Å². The number of benzene rings is 4. The molecule has 2 saturated heterocycles. The fraction of sp³-hybridized carbons (Fsp3) is 0.257. The van der Waals surface area contributed by atoms with Crippen molar-refractivity contribution < 1.29 is 33.6 Å². The zero-order valence-electron chi connectivity index (χ0n) is 25.4. The van der Waals surface area contributed by atoms with Gasteiger partial charge in [0.1, 0.15) is 18.3 Å². The Labute approximate surface area is 266 Å². The van der Waals surface area contributed by atoms with Crippen molar-refractivity contribution in [3.8, 4) is 17.2 Å². The van der Waals surface area contributed by atoms with E-state index in [0.29, 0.717) is 54.0 Å². The molecule has 11 nitrogen and oxygen atoms in total. The largest absolute Gasteiger partial charge is 0.494 e. The Morgan fingerprint density at radius 3 is 2.30 bits per heavy atom. The topological polar surface area (TPSA) is 121 Å². The summed E-state index contributed by atoms with van der Waals surface area (Å²) < 4.78 is 17.7. The van der Waals surface area contributed by atoms with Crippen molar-refractivity contribution in [2.24, 2.45) is 5.92 Å². The van der Waals surface area contributed by atoms with Crippen LogP contribution in [0.1, 0.15) is 37.4 Å². The summed E-state index contributed by atoms with van der Waals surface area (Å²) in [6.45, 7) is 5.09. The number of anilines is 2. The van der Waals surface area contributed by atoms with Crippen LogP contribution in [0.15, 0.2) is 97.1 Å². The minimum absolute atomic E-state index is 0.152. The van der Waals surface area contributed by atoms with Crippen molar-refractivity contribution in [2.45, 2.75) is 39.0 Å². The molecule has 6 rings (SSSR count). The lowest BCUT2D eigenvalue weighted by Crippen LogP contribution is -2.37. The van der Waals surface area contributed by atoms with Gasteiger partial charge in [-0.3, -0.25) is 24.5 Å². The van der Waals surface area contributed by atoms with Crippen LogP contribution >= 0.6 is 0 Å². The van der Waals surface area contributed by atoms with Crippen molar-refractivity contribution in [1.29, 1.82) is 0 Å². The summed E-state index contributed by atoms with van der Waals surface area (Å²) in [4.78, 5) is 46.4. The van der Waals surface area contributed by atoms with E-state index in [4.69, 9.17) is 19.0 Å². The Kier molecular flexibility index (Phi) is 8.84. The number of carbonyl (C=O) groups is 2. The third-order valence-corrected chi connectivity index (χ3v) is 7.82. The Balaban J connectivity index is 1.37. The lowest BCUT2D eigenvalue weighted by atomic mass is 9.90. The minimum Gasteiger partial charge on any atom is -0.494 e. The van der Waals surface area contributed by atoms with Gasteiger partial charge in [0.2, 0.25) is 5.91 Å². The molecule has 0 bridgehead atoms. The van der Waals surface area contributed by atoms with Crippen LogP contribution in [-0.2, 0) is 21.0 Å². The van der Waals surface area contributed by atoms with Crippen molar-refractivity contribution >= 4 is 28.9 Å². The quantitative estimate of drug-likeness (QED) is 0.100. The van der Waals surface area contributed by atoms with E-state index in [-0.39, 0.29) is 5.69 Å². The molecule has 0 aromatic heterocycles. The maximum Gasteiger partial charge on any atom is 0.271 e. The van der Waals surface area contributed by atoms with Gasteiger partial charge in [0.25, 0.3) is 11.6 Å². The van der Waals surface area contributed by atoms with Crippen molar-refractivity contribution in [1.82, 2.24) is 0 Å². The number of fused-ring (bicyclic) bond motifs is 1. The van der Waals surface area contributed by atoms with Gasteiger partial charge in [0.15, 0.2) is 17.6 Å². The van der Waals surface area contributed by atoms with Crippen molar-refractivity contribution in [3.05, 3.63) is 118 Å². The fourth-order valence-electron chi connectivity index (χ4n) is 5.72. The molecule has 46 heavy (non-hydrogen) atoms. The molecule has 2 heterocycles. The van der Waals surface area contributed by atoms with E-state index in [2.05, 4.69) is 0 Å². The summed E-state index contributed by atoms with van der Waals surface area (Å²) in [5.41, 5.74) is 2.18. The number of amides is 2. The normalized spacial score (nSPS) is 18.9. The predicted octanol–water partition coefficient (Wildman–Crippen LogP) is 6.41. The molecule has 2 aliphatic heterocycles. The molecule has 0 saturated carbocycles. The van der Waals surface area contributed by atoms with Crippen LogP contribution in [0.3, 0.4) is 0 Å². The molecule has 2 amide bonds. The maximum absolute atomic E-state index is 14.1. The van der Waals surface area contributed by atoms with E-state index in [9.17, 15) is 19.7 Å². The first kappa shape index (κ1) is 30.6. The Morgan fingerprint density at radius 1 is 0.804 bits per heavy atom. The lowest BCUT2D eigenvalue weighted by molar-refractivity contribution is -0.384.